The van der Waals surface area contributed by atoms with Crippen molar-refractivity contribution in [3.05, 3.63) is 58.9 Å². The summed E-state index contributed by atoms with van der Waals surface area (Å²) in [6, 6.07) is 13.3. The normalized spacial score (nSPS) is 18.0. The van der Waals surface area contributed by atoms with E-state index in [-0.39, 0.29) is 6.04 Å². The standard InChI is InChI=1S/C18H24N2/c1-14-13-16-17(19)10-5-11-18(16)20(14)12-6-9-15-7-3-2-4-8-15/h2-4,7-8,13,17H,5-6,9-12,19H2,1H3. The zero-order valence-corrected chi connectivity index (χ0v) is 12.3. The molecule has 0 fully saturated rings. The lowest BCUT2D eigenvalue weighted by Gasteiger charge is -2.21. The fraction of sp³-hybridized carbons (Fsp3) is 0.444. The predicted molar refractivity (Wildman–Crippen MR) is 83.8 cm³/mol. The van der Waals surface area contributed by atoms with E-state index in [1.165, 1.54) is 41.8 Å². The third-order valence-corrected chi connectivity index (χ3v) is 4.47. The fourth-order valence-electron chi connectivity index (χ4n) is 3.40. The van der Waals surface area contributed by atoms with Gasteiger partial charge < -0.3 is 10.3 Å². The van der Waals surface area contributed by atoms with Crippen LogP contribution in [0.15, 0.2) is 36.4 Å². The molecule has 0 aliphatic heterocycles. The molecule has 1 heterocycles. The molecule has 106 valence electrons. The van der Waals surface area contributed by atoms with Crippen molar-refractivity contribution in [1.29, 1.82) is 0 Å². The van der Waals surface area contributed by atoms with Gasteiger partial charge in [0, 0.05) is 24.0 Å². The van der Waals surface area contributed by atoms with Crippen LogP contribution >= 0.6 is 0 Å². The third-order valence-electron chi connectivity index (χ3n) is 4.47. The Hall–Kier alpha value is -1.54. The van der Waals surface area contributed by atoms with Gasteiger partial charge in [-0.05, 0) is 56.2 Å². The Morgan fingerprint density at radius 2 is 2.05 bits per heavy atom. The molecule has 20 heavy (non-hydrogen) atoms. The molecule has 0 saturated heterocycles. The van der Waals surface area contributed by atoms with Crippen LogP contribution in [0, 0.1) is 6.92 Å². The topological polar surface area (TPSA) is 30.9 Å². The van der Waals surface area contributed by atoms with Crippen LogP contribution in [0.5, 0.6) is 0 Å². The molecule has 2 N–H and O–H groups in total. The van der Waals surface area contributed by atoms with Gasteiger partial charge in [-0.15, -0.1) is 0 Å². The van der Waals surface area contributed by atoms with Gasteiger partial charge in [0.1, 0.15) is 0 Å². The van der Waals surface area contributed by atoms with Gasteiger partial charge >= 0.3 is 0 Å². The van der Waals surface area contributed by atoms with Crippen LogP contribution in [-0.2, 0) is 19.4 Å². The van der Waals surface area contributed by atoms with Crippen molar-refractivity contribution in [2.45, 2.75) is 51.6 Å². The molecule has 0 saturated carbocycles. The SMILES string of the molecule is Cc1cc2c(n1CCCc1ccccc1)CCCC2N. The van der Waals surface area contributed by atoms with Crippen LogP contribution in [-0.4, -0.2) is 4.57 Å². The van der Waals surface area contributed by atoms with Gasteiger partial charge in [0.25, 0.3) is 0 Å². The zero-order valence-electron chi connectivity index (χ0n) is 12.3. The average Bonchev–Trinajstić information content (AvgIpc) is 2.78. The highest BCUT2D eigenvalue weighted by molar-refractivity contribution is 5.32. The third kappa shape index (κ3) is 2.66. The van der Waals surface area contributed by atoms with E-state index in [9.17, 15) is 0 Å². The molecule has 0 bridgehead atoms. The van der Waals surface area contributed by atoms with Gasteiger partial charge in [-0.1, -0.05) is 30.3 Å². The number of fused-ring (bicyclic) bond motifs is 1. The number of aryl methyl sites for hydroxylation is 2. The van der Waals surface area contributed by atoms with E-state index in [0.29, 0.717) is 0 Å². The largest absolute Gasteiger partial charge is 0.349 e. The minimum Gasteiger partial charge on any atom is -0.349 e. The molecule has 2 nitrogen and oxygen atoms in total. The molecule has 1 aromatic carbocycles. The maximum Gasteiger partial charge on any atom is 0.0313 e. The lowest BCUT2D eigenvalue weighted by atomic mass is 9.93. The molecule has 0 radical (unpaired) electrons. The number of rotatable bonds is 4. The molecule has 1 unspecified atom stereocenters. The highest BCUT2D eigenvalue weighted by atomic mass is 15.0. The van der Waals surface area contributed by atoms with Crippen LogP contribution in [0.1, 0.15) is 47.8 Å². The van der Waals surface area contributed by atoms with Gasteiger partial charge in [0.05, 0.1) is 0 Å². The van der Waals surface area contributed by atoms with Gasteiger partial charge in [-0.25, -0.2) is 0 Å². The molecule has 2 heteroatoms. The molecule has 0 spiro atoms. The van der Waals surface area contributed by atoms with Crippen molar-refractivity contribution in [2.75, 3.05) is 0 Å². The van der Waals surface area contributed by atoms with E-state index in [4.69, 9.17) is 5.73 Å². The summed E-state index contributed by atoms with van der Waals surface area (Å²) in [5, 5.41) is 0. The molecular weight excluding hydrogens is 244 g/mol. The van der Waals surface area contributed by atoms with Crippen LogP contribution in [0.25, 0.3) is 0 Å². The summed E-state index contributed by atoms with van der Waals surface area (Å²) in [6.07, 6.45) is 5.92. The fourth-order valence-corrected chi connectivity index (χ4v) is 3.40. The monoisotopic (exact) mass is 268 g/mol. The number of aromatic nitrogens is 1. The average molecular weight is 268 g/mol. The van der Waals surface area contributed by atoms with Crippen molar-refractivity contribution in [1.82, 2.24) is 4.57 Å². The molecule has 2 aromatic rings. The summed E-state index contributed by atoms with van der Waals surface area (Å²) in [5.41, 5.74) is 11.9. The second-order valence-electron chi connectivity index (χ2n) is 5.93. The van der Waals surface area contributed by atoms with E-state index < -0.39 is 0 Å². The Labute approximate surface area is 121 Å². The van der Waals surface area contributed by atoms with E-state index >= 15 is 0 Å². The summed E-state index contributed by atoms with van der Waals surface area (Å²) in [6.45, 7) is 3.33. The highest BCUT2D eigenvalue weighted by Gasteiger charge is 2.21. The molecule has 3 rings (SSSR count). The van der Waals surface area contributed by atoms with E-state index in [2.05, 4.69) is 47.9 Å². The number of nitrogens with two attached hydrogens (primary N) is 1. The molecule has 1 aromatic heterocycles. The summed E-state index contributed by atoms with van der Waals surface area (Å²) >= 11 is 0. The molecule has 0 amide bonds. The number of benzene rings is 1. The van der Waals surface area contributed by atoms with Crippen molar-refractivity contribution in [2.24, 2.45) is 5.73 Å². The molecule has 1 aliphatic rings. The summed E-state index contributed by atoms with van der Waals surface area (Å²) in [4.78, 5) is 0. The number of hydrogen-bond acceptors (Lipinski definition) is 1. The second kappa shape index (κ2) is 5.84. The van der Waals surface area contributed by atoms with Gasteiger partial charge in [0.15, 0.2) is 0 Å². The van der Waals surface area contributed by atoms with E-state index in [0.717, 1.165) is 19.4 Å². The minimum atomic E-state index is 0.257. The lowest BCUT2D eigenvalue weighted by molar-refractivity contribution is 0.528. The Balaban J connectivity index is 1.69. The maximum atomic E-state index is 6.23. The smallest absolute Gasteiger partial charge is 0.0313 e. The van der Waals surface area contributed by atoms with Crippen molar-refractivity contribution >= 4 is 0 Å². The minimum absolute atomic E-state index is 0.257. The first-order chi connectivity index (χ1) is 9.75. The first-order valence-electron chi connectivity index (χ1n) is 7.74. The summed E-state index contributed by atoms with van der Waals surface area (Å²) in [5.74, 6) is 0. The summed E-state index contributed by atoms with van der Waals surface area (Å²) in [7, 11) is 0. The van der Waals surface area contributed by atoms with E-state index in [1.54, 1.807) is 0 Å². The number of nitrogens with zero attached hydrogens (tertiary/aromatic N) is 1. The lowest BCUT2D eigenvalue weighted by Crippen LogP contribution is -2.18. The quantitative estimate of drug-likeness (QED) is 0.899. The maximum absolute atomic E-state index is 6.23. The zero-order chi connectivity index (χ0) is 13.9. The van der Waals surface area contributed by atoms with Crippen molar-refractivity contribution in [3.63, 3.8) is 0 Å². The Morgan fingerprint density at radius 3 is 2.85 bits per heavy atom. The Kier molecular flexibility index (Phi) is 3.93. The first kappa shape index (κ1) is 13.4. The van der Waals surface area contributed by atoms with Gasteiger partial charge in [-0.3, -0.25) is 0 Å². The molecule has 1 atom stereocenters. The second-order valence-corrected chi connectivity index (χ2v) is 5.93. The van der Waals surface area contributed by atoms with Crippen molar-refractivity contribution < 1.29 is 0 Å². The van der Waals surface area contributed by atoms with Crippen LogP contribution < -0.4 is 5.73 Å². The van der Waals surface area contributed by atoms with Gasteiger partial charge in [0.2, 0.25) is 0 Å². The van der Waals surface area contributed by atoms with Crippen LogP contribution in [0.3, 0.4) is 0 Å². The van der Waals surface area contributed by atoms with Crippen LogP contribution in [0.4, 0.5) is 0 Å². The van der Waals surface area contributed by atoms with E-state index in [1.807, 2.05) is 0 Å². The number of hydrogen-bond donors (Lipinski definition) is 1. The molecule has 1 aliphatic carbocycles. The summed E-state index contributed by atoms with van der Waals surface area (Å²) < 4.78 is 2.50. The highest BCUT2D eigenvalue weighted by Crippen LogP contribution is 2.30. The Morgan fingerprint density at radius 1 is 1.25 bits per heavy atom. The Bertz CT molecular complexity index is 569. The van der Waals surface area contributed by atoms with Gasteiger partial charge in [-0.2, -0.15) is 0 Å². The first-order valence-corrected chi connectivity index (χ1v) is 7.74. The molecular formula is C18H24N2. The van der Waals surface area contributed by atoms with Crippen LogP contribution in [0.2, 0.25) is 0 Å². The predicted octanol–water partition coefficient (Wildman–Crippen LogP) is 3.77. The van der Waals surface area contributed by atoms with Crippen molar-refractivity contribution in [3.8, 4) is 0 Å².